The first kappa shape index (κ1) is 13.2. The van der Waals surface area contributed by atoms with Crippen molar-refractivity contribution in [2.24, 2.45) is 0 Å². The maximum Gasteiger partial charge on any atom is 0.123 e. The van der Waals surface area contributed by atoms with Crippen LogP contribution >= 0.6 is 22.9 Å². The molecule has 0 aliphatic carbocycles. The Morgan fingerprint density at radius 2 is 2.06 bits per heavy atom. The molecule has 0 aliphatic rings. The molecule has 0 fully saturated rings. The zero-order valence-corrected chi connectivity index (χ0v) is 11.4. The standard InChI is InChI=1S/C13H14ClNO2S/c1-8(12-4-5-13(14)18-12)15-7-9-2-3-10(16)6-11(9)17/h2-6,8,15-17H,7H2,1H3. The lowest BCUT2D eigenvalue weighted by Gasteiger charge is -2.13. The topological polar surface area (TPSA) is 52.5 Å². The number of aromatic hydroxyl groups is 2. The summed E-state index contributed by atoms with van der Waals surface area (Å²) < 4.78 is 0.770. The molecule has 1 aromatic heterocycles. The van der Waals surface area contributed by atoms with E-state index < -0.39 is 0 Å². The molecule has 18 heavy (non-hydrogen) atoms. The lowest BCUT2D eigenvalue weighted by Crippen LogP contribution is -2.17. The Morgan fingerprint density at radius 3 is 2.67 bits per heavy atom. The fourth-order valence-electron chi connectivity index (χ4n) is 1.63. The van der Waals surface area contributed by atoms with Gasteiger partial charge in [-0.3, -0.25) is 0 Å². The minimum Gasteiger partial charge on any atom is -0.508 e. The summed E-state index contributed by atoms with van der Waals surface area (Å²) in [6, 6.07) is 8.62. The zero-order valence-electron chi connectivity index (χ0n) is 9.85. The molecule has 0 saturated carbocycles. The molecule has 0 bridgehead atoms. The highest BCUT2D eigenvalue weighted by molar-refractivity contribution is 7.16. The molecule has 2 rings (SSSR count). The highest BCUT2D eigenvalue weighted by Gasteiger charge is 2.09. The van der Waals surface area contributed by atoms with Crippen LogP contribution in [0.5, 0.6) is 11.5 Å². The molecule has 0 saturated heterocycles. The van der Waals surface area contributed by atoms with Crippen molar-refractivity contribution < 1.29 is 10.2 Å². The van der Waals surface area contributed by atoms with E-state index in [1.54, 1.807) is 12.1 Å². The van der Waals surface area contributed by atoms with Crippen LogP contribution in [0.15, 0.2) is 30.3 Å². The van der Waals surface area contributed by atoms with Crippen LogP contribution in [0.3, 0.4) is 0 Å². The van der Waals surface area contributed by atoms with Gasteiger partial charge < -0.3 is 15.5 Å². The third kappa shape index (κ3) is 3.16. The first-order valence-electron chi connectivity index (χ1n) is 5.55. The molecule has 0 spiro atoms. The molecular weight excluding hydrogens is 270 g/mol. The van der Waals surface area contributed by atoms with Crippen molar-refractivity contribution >= 4 is 22.9 Å². The Morgan fingerprint density at radius 1 is 1.28 bits per heavy atom. The van der Waals surface area contributed by atoms with Gasteiger partial charge in [-0.1, -0.05) is 17.7 Å². The predicted molar refractivity (Wildman–Crippen MR) is 74.4 cm³/mol. The van der Waals surface area contributed by atoms with E-state index >= 15 is 0 Å². The predicted octanol–water partition coefficient (Wildman–Crippen LogP) is 3.66. The largest absolute Gasteiger partial charge is 0.508 e. The van der Waals surface area contributed by atoms with E-state index in [0.29, 0.717) is 6.54 Å². The summed E-state index contributed by atoms with van der Waals surface area (Å²) in [7, 11) is 0. The molecule has 96 valence electrons. The van der Waals surface area contributed by atoms with Crippen molar-refractivity contribution in [3.05, 3.63) is 45.1 Å². The van der Waals surface area contributed by atoms with Gasteiger partial charge in [0.2, 0.25) is 0 Å². The number of hydrogen-bond acceptors (Lipinski definition) is 4. The van der Waals surface area contributed by atoms with Crippen LogP contribution in [0.1, 0.15) is 23.4 Å². The van der Waals surface area contributed by atoms with Gasteiger partial charge in [0.1, 0.15) is 11.5 Å². The molecule has 2 aromatic rings. The number of hydrogen-bond donors (Lipinski definition) is 3. The van der Waals surface area contributed by atoms with Gasteiger partial charge in [0, 0.05) is 29.1 Å². The summed E-state index contributed by atoms with van der Waals surface area (Å²) in [6.07, 6.45) is 0. The van der Waals surface area contributed by atoms with Crippen LogP contribution in [-0.2, 0) is 6.54 Å². The fraction of sp³-hybridized carbons (Fsp3) is 0.231. The zero-order chi connectivity index (χ0) is 13.1. The number of phenols is 2. The minimum absolute atomic E-state index is 0.0642. The quantitative estimate of drug-likeness (QED) is 0.802. The minimum atomic E-state index is 0.0642. The maximum atomic E-state index is 9.66. The lowest BCUT2D eigenvalue weighted by atomic mass is 10.1. The average molecular weight is 284 g/mol. The monoisotopic (exact) mass is 283 g/mol. The Bertz CT molecular complexity index is 542. The molecule has 5 heteroatoms. The summed E-state index contributed by atoms with van der Waals surface area (Å²) in [4.78, 5) is 1.15. The van der Waals surface area contributed by atoms with Crippen LogP contribution < -0.4 is 5.32 Å². The second kappa shape index (κ2) is 5.61. The number of thiophene rings is 1. The molecule has 1 unspecified atom stereocenters. The highest BCUT2D eigenvalue weighted by atomic mass is 35.5. The van der Waals surface area contributed by atoms with Gasteiger partial charge in [-0.15, -0.1) is 11.3 Å². The van der Waals surface area contributed by atoms with E-state index in [1.807, 2.05) is 19.1 Å². The third-order valence-corrected chi connectivity index (χ3v) is 4.10. The normalized spacial score (nSPS) is 12.6. The summed E-state index contributed by atoms with van der Waals surface area (Å²) in [5.74, 6) is 0.160. The molecule has 0 amide bonds. The van der Waals surface area contributed by atoms with Gasteiger partial charge in [-0.25, -0.2) is 0 Å². The highest BCUT2D eigenvalue weighted by Crippen LogP contribution is 2.28. The van der Waals surface area contributed by atoms with Crippen molar-refractivity contribution in [2.45, 2.75) is 19.5 Å². The van der Waals surface area contributed by atoms with E-state index in [1.165, 1.54) is 17.4 Å². The van der Waals surface area contributed by atoms with Crippen LogP contribution in [-0.4, -0.2) is 10.2 Å². The maximum absolute atomic E-state index is 9.66. The molecular formula is C13H14ClNO2S. The number of rotatable bonds is 4. The van der Waals surface area contributed by atoms with Crippen molar-refractivity contribution in [1.29, 1.82) is 0 Å². The van der Waals surface area contributed by atoms with Crippen molar-refractivity contribution in [1.82, 2.24) is 5.32 Å². The smallest absolute Gasteiger partial charge is 0.123 e. The van der Waals surface area contributed by atoms with Crippen LogP contribution in [0, 0.1) is 0 Å². The van der Waals surface area contributed by atoms with E-state index in [0.717, 1.165) is 14.8 Å². The van der Waals surface area contributed by atoms with Crippen LogP contribution in [0.2, 0.25) is 4.34 Å². The van der Waals surface area contributed by atoms with E-state index in [9.17, 15) is 10.2 Å². The summed E-state index contributed by atoms with van der Waals surface area (Å²) in [5.41, 5.74) is 0.752. The summed E-state index contributed by atoms with van der Waals surface area (Å²) >= 11 is 7.43. The number of nitrogens with one attached hydrogen (secondary N) is 1. The Hall–Kier alpha value is -1.23. The molecule has 0 aliphatic heterocycles. The van der Waals surface area contributed by atoms with Gasteiger partial charge >= 0.3 is 0 Å². The van der Waals surface area contributed by atoms with Crippen molar-refractivity contribution in [3.8, 4) is 11.5 Å². The summed E-state index contributed by atoms with van der Waals surface area (Å²) in [5, 5.41) is 22.2. The Labute approximate surface area is 115 Å². The van der Waals surface area contributed by atoms with E-state index in [2.05, 4.69) is 5.32 Å². The molecule has 3 nitrogen and oxygen atoms in total. The second-order valence-corrected chi connectivity index (χ2v) is 5.80. The molecule has 0 radical (unpaired) electrons. The number of halogens is 1. The van der Waals surface area contributed by atoms with Crippen LogP contribution in [0.4, 0.5) is 0 Å². The first-order chi connectivity index (χ1) is 8.56. The number of phenolic OH excluding ortho intramolecular Hbond substituents is 2. The second-order valence-electron chi connectivity index (χ2n) is 4.06. The third-order valence-electron chi connectivity index (χ3n) is 2.69. The lowest BCUT2D eigenvalue weighted by molar-refractivity contribution is 0.441. The number of benzene rings is 1. The Kier molecular flexibility index (Phi) is 4.11. The van der Waals surface area contributed by atoms with Gasteiger partial charge in [-0.05, 0) is 25.1 Å². The molecule has 1 aromatic carbocycles. The molecule has 1 atom stereocenters. The first-order valence-corrected chi connectivity index (χ1v) is 6.75. The van der Waals surface area contributed by atoms with E-state index in [-0.39, 0.29) is 17.5 Å². The molecule has 3 N–H and O–H groups in total. The van der Waals surface area contributed by atoms with Crippen LogP contribution in [0.25, 0.3) is 0 Å². The van der Waals surface area contributed by atoms with Gasteiger partial charge in [-0.2, -0.15) is 0 Å². The average Bonchev–Trinajstić information content (AvgIpc) is 2.74. The van der Waals surface area contributed by atoms with E-state index in [4.69, 9.17) is 11.6 Å². The Balaban J connectivity index is 1.99. The van der Waals surface area contributed by atoms with Gasteiger partial charge in [0.15, 0.2) is 0 Å². The van der Waals surface area contributed by atoms with Crippen molar-refractivity contribution in [3.63, 3.8) is 0 Å². The molecule has 1 heterocycles. The SMILES string of the molecule is CC(NCc1ccc(O)cc1O)c1ccc(Cl)s1. The summed E-state index contributed by atoms with van der Waals surface area (Å²) in [6.45, 7) is 2.57. The van der Waals surface area contributed by atoms with Crippen molar-refractivity contribution in [2.75, 3.05) is 0 Å². The fourth-order valence-corrected chi connectivity index (χ4v) is 2.71. The van der Waals surface area contributed by atoms with Gasteiger partial charge in [0.05, 0.1) is 4.34 Å². The van der Waals surface area contributed by atoms with Gasteiger partial charge in [0.25, 0.3) is 0 Å².